The van der Waals surface area contributed by atoms with Crippen LogP contribution in [0.3, 0.4) is 0 Å². The molecule has 0 aliphatic heterocycles. The van der Waals surface area contributed by atoms with Gasteiger partial charge in [0.2, 0.25) is 0 Å². The number of esters is 1. The summed E-state index contributed by atoms with van der Waals surface area (Å²) in [5, 5.41) is 17.7. The Morgan fingerprint density at radius 1 is 1.44 bits per heavy atom. The number of nitrogens with zero attached hydrogens (tertiary/aromatic N) is 1. The van der Waals surface area contributed by atoms with Crippen LogP contribution >= 0.6 is 0 Å². The number of aliphatic hydroxyl groups is 1. The van der Waals surface area contributed by atoms with Gasteiger partial charge in [0, 0.05) is 0 Å². The zero-order chi connectivity index (χ0) is 13.4. The van der Waals surface area contributed by atoms with E-state index in [0.29, 0.717) is 17.9 Å². The van der Waals surface area contributed by atoms with E-state index in [1.54, 1.807) is 31.2 Å². The largest absolute Gasteiger partial charge is 0.491 e. The lowest BCUT2D eigenvalue weighted by Crippen LogP contribution is -2.16. The standard InChI is InChI=1S/C13H15NO4/c1-2-17-13(16)10-3-5-12(6-4-10)18-9-11(15)7-8-14/h3-6,11,15H,2,7,9H2,1H3/t11-/m0/s1. The topological polar surface area (TPSA) is 79.6 Å². The number of hydrogen-bond donors (Lipinski definition) is 1. The van der Waals surface area contributed by atoms with Gasteiger partial charge in [-0.05, 0) is 31.2 Å². The molecule has 18 heavy (non-hydrogen) atoms. The van der Waals surface area contributed by atoms with Crippen LogP contribution in [0.4, 0.5) is 0 Å². The van der Waals surface area contributed by atoms with E-state index < -0.39 is 6.10 Å². The first-order valence-corrected chi connectivity index (χ1v) is 5.62. The Balaban J connectivity index is 2.50. The third-order valence-corrected chi connectivity index (χ3v) is 2.13. The number of carbonyl (C=O) groups is 1. The van der Waals surface area contributed by atoms with Crippen molar-refractivity contribution in [3.8, 4) is 11.8 Å². The number of benzene rings is 1. The first-order valence-electron chi connectivity index (χ1n) is 5.62. The van der Waals surface area contributed by atoms with Crippen LogP contribution in [-0.4, -0.2) is 30.4 Å². The lowest BCUT2D eigenvalue weighted by Gasteiger charge is -2.09. The SMILES string of the molecule is CCOC(=O)c1ccc(OC[C@@H](O)CC#N)cc1. The molecule has 0 amide bonds. The molecule has 96 valence electrons. The van der Waals surface area contributed by atoms with Crippen LogP contribution in [0.1, 0.15) is 23.7 Å². The van der Waals surface area contributed by atoms with Gasteiger partial charge in [0.15, 0.2) is 0 Å². The van der Waals surface area contributed by atoms with Crippen molar-refractivity contribution in [2.45, 2.75) is 19.4 Å². The average molecular weight is 249 g/mol. The van der Waals surface area contributed by atoms with Gasteiger partial charge < -0.3 is 14.6 Å². The maximum Gasteiger partial charge on any atom is 0.338 e. The van der Waals surface area contributed by atoms with Crippen LogP contribution in [0.2, 0.25) is 0 Å². The smallest absolute Gasteiger partial charge is 0.338 e. The molecule has 0 saturated heterocycles. The molecule has 0 fully saturated rings. The highest BCUT2D eigenvalue weighted by Gasteiger charge is 2.07. The van der Waals surface area contributed by atoms with Crippen molar-refractivity contribution < 1.29 is 19.4 Å². The van der Waals surface area contributed by atoms with Crippen molar-refractivity contribution in [1.29, 1.82) is 5.26 Å². The first-order chi connectivity index (χ1) is 8.67. The van der Waals surface area contributed by atoms with Crippen LogP contribution in [0.25, 0.3) is 0 Å². The predicted molar refractivity (Wildman–Crippen MR) is 64.1 cm³/mol. The molecule has 5 heteroatoms. The lowest BCUT2D eigenvalue weighted by molar-refractivity contribution is 0.0526. The van der Waals surface area contributed by atoms with E-state index in [9.17, 15) is 9.90 Å². The number of carbonyl (C=O) groups excluding carboxylic acids is 1. The molecule has 0 saturated carbocycles. The van der Waals surface area contributed by atoms with Crippen molar-refractivity contribution in [2.75, 3.05) is 13.2 Å². The van der Waals surface area contributed by atoms with Crippen molar-refractivity contribution in [3.05, 3.63) is 29.8 Å². The van der Waals surface area contributed by atoms with Gasteiger partial charge in [-0.1, -0.05) is 0 Å². The number of aliphatic hydroxyl groups excluding tert-OH is 1. The molecule has 0 spiro atoms. The summed E-state index contributed by atoms with van der Waals surface area (Å²) in [4.78, 5) is 11.4. The van der Waals surface area contributed by atoms with Gasteiger partial charge in [0.05, 0.1) is 24.7 Å². The molecular weight excluding hydrogens is 234 g/mol. The fraction of sp³-hybridized carbons (Fsp3) is 0.385. The summed E-state index contributed by atoms with van der Waals surface area (Å²) in [6.45, 7) is 2.12. The van der Waals surface area contributed by atoms with E-state index >= 15 is 0 Å². The molecular formula is C13H15NO4. The molecule has 1 aromatic rings. The highest BCUT2D eigenvalue weighted by atomic mass is 16.5. The number of hydrogen-bond acceptors (Lipinski definition) is 5. The van der Waals surface area contributed by atoms with Crippen LogP contribution in [0.5, 0.6) is 5.75 Å². The first kappa shape index (κ1) is 14.0. The van der Waals surface area contributed by atoms with Gasteiger partial charge in [-0.3, -0.25) is 0 Å². The summed E-state index contributed by atoms with van der Waals surface area (Å²) < 4.78 is 10.1. The molecule has 0 aliphatic rings. The molecule has 0 aliphatic carbocycles. The van der Waals surface area contributed by atoms with Crippen LogP contribution in [0.15, 0.2) is 24.3 Å². The Hall–Kier alpha value is -2.06. The van der Waals surface area contributed by atoms with Crippen LogP contribution in [-0.2, 0) is 4.74 Å². The molecule has 1 atom stereocenters. The van der Waals surface area contributed by atoms with Gasteiger partial charge in [-0.25, -0.2) is 4.79 Å². The second-order valence-electron chi connectivity index (χ2n) is 3.57. The summed E-state index contributed by atoms with van der Waals surface area (Å²) in [6, 6.07) is 8.26. The van der Waals surface area contributed by atoms with Gasteiger partial charge in [0.1, 0.15) is 18.5 Å². The van der Waals surface area contributed by atoms with E-state index in [1.165, 1.54) is 0 Å². The molecule has 0 aromatic heterocycles. The van der Waals surface area contributed by atoms with E-state index in [4.69, 9.17) is 14.7 Å². The Labute approximate surface area is 106 Å². The third kappa shape index (κ3) is 4.44. The third-order valence-electron chi connectivity index (χ3n) is 2.13. The highest BCUT2D eigenvalue weighted by Crippen LogP contribution is 2.13. The molecule has 0 unspecified atom stereocenters. The second kappa shape index (κ2) is 7.30. The van der Waals surface area contributed by atoms with Crippen molar-refractivity contribution >= 4 is 5.97 Å². The Morgan fingerprint density at radius 3 is 2.67 bits per heavy atom. The molecule has 0 heterocycles. The Kier molecular flexibility index (Phi) is 5.68. The van der Waals surface area contributed by atoms with Crippen LogP contribution < -0.4 is 4.74 Å². The Bertz CT molecular complexity index is 422. The minimum Gasteiger partial charge on any atom is -0.491 e. The molecule has 1 aromatic carbocycles. The van der Waals surface area contributed by atoms with Gasteiger partial charge in [0.25, 0.3) is 0 Å². The molecule has 0 bridgehead atoms. The maximum atomic E-state index is 11.4. The van der Waals surface area contributed by atoms with Gasteiger partial charge >= 0.3 is 5.97 Å². The predicted octanol–water partition coefficient (Wildman–Crippen LogP) is 1.52. The van der Waals surface area contributed by atoms with Crippen molar-refractivity contribution in [1.82, 2.24) is 0 Å². The molecule has 5 nitrogen and oxygen atoms in total. The fourth-order valence-electron chi connectivity index (χ4n) is 1.26. The monoisotopic (exact) mass is 249 g/mol. The quantitative estimate of drug-likeness (QED) is 0.773. The van der Waals surface area contributed by atoms with E-state index in [-0.39, 0.29) is 19.0 Å². The van der Waals surface area contributed by atoms with Crippen molar-refractivity contribution in [2.24, 2.45) is 0 Å². The minimum atomic E-state index is -0.806. The van der Waals surface area contributed by atoms with E-state index in [2.05, 4.69) is 0 Å². The zero-order valence-corrected chi connectivity index (χ0v) is 10.1. The average Bonchev–Trinajstić information content (AvgIpc) is 2.37. The fourth-order valence-corrected chi connectivity index (χ4v) is 1.26. The number of rotatable bonds is 6. The normalized spacial score (nSPS) is 11.4. The van der Waals surface area contributed by atoms with Gasteiger partial charge in [-0.15, -0.1) is 0 Å². The highest BCUT2D eigenvalue weighted by molar-refractivity contribution is 5.89. The van der Waals surface area contributed by atoms with Gasteiger partial charge in [-0.2, -0.15) is 5.26 Å². The zero-order valence-electron chi connectivity index (χ0n) is 10.1. The second-order valence-corrected chi connectivity index (χ2v) is 3.57. The summed E-state index contributed by atoms with van der Waals surface area (Å²) >= 11 is 0. The van der Waals surface area contributed by atoms with Crippen molar-refractivity contribution in [3.63, 3.8) is 0 Å². The summed E-state index contributed by atoms with van der Waals surface area (Å²) in [5.41, 5.74) is 0.446. The van der Waals surface area contributed by atoms with E-state index in [0.717, 1.165) is 0 Å². The van der Waals surface area contributed by atoms with Crippen LogP contribution in [0, 0.1) is 11.3 Å². The molecule has 1 N–H and O–H groups in total. The summed E-state index contributed by atoms with van der Waals surface area (Å²) in [5.74, 6) is 0.147. The van der Waals surface area contributed by atoms with E-state index in [1.807, 2.05) is 6.07 Å². The number of ether oxygens (including phenoxy) is 2. The molecule has 1 rings (SSSR count). The lowest BCUT2D eigenvalue weighted by atomic mass is 10.2. The maximum absolute atomic E-state index is 11.4. The number of nitriles is 1. The summed E-state index contributed by atoms with van der Waals surface area (Å²) in [6.07, 6.45) is -0.777. The minimum absolute atomic E-state index is 0.0287. The Morgan fingerprint density at radius 2 is 2.11 bits per heavy atom. The summed E-state index contributed by atoms with van der Waals surface area (Å²) in [7, 11) is 0. The molecule has 0 radical (unpaired) electrons.